The van der Waals surface area contributed by atoms with E-state index in [4.69, 9.17) is 4.74 Å². The second-order valence-electron chi connectivity index (χ2n) is 4.32. The van der Waals surface area contributed by atoms with Crippen molar-refractivity contribution in [3.8, 4) is 0 Å². The highest BCUT2D eigenvalue weighted by atomic mass is 32.2. The second-order valence-corrected chi connectivity index (χ2v) is 6.05. The standard InChI is InChI=1S/C13H20F2N2O3S/c1-3-20-8-4-7-17-21(18,19)12-6-5-11(14)10(9-16-2)13(12)15/h5-6,16-17H,3-4,7-9H2,1-2H3. The molecule has 0 aromatic heterocycles. The van der Waals surface area contributed by atoms with Gasteiger partial charge in [0.25, 0.3) is 0 Å². The Labute approximate surface area is 123 Å². The second kappa shape index (κ2) is 8.38. The molecule has 0 amide bonds. The smallest absolute Gasteiger partial charge is 0.243 e. The zero-order chi connectivity index (χ0) is 15.9. The van der Waals surface area contributed by atoms with Crippen LogP contribution >= 0.6 is 0 Å². The van der Waals surface area contributed by atoms with Crippen LogP contribution in [0.2, 0.25) is 0 Å². The maximum atomic E-state index is 14.1. The van der Waals surface area contributed by atoms with E-state index in [-0.39, 0.29) is 18.7 Å². The van der Waals surface area contributed by atoms with Crippen molar-refractivity contribution in [3.05, 3.63) is 29.3 Å². The van der Waals surface area contributed by atoms with E-state index in [9.17, 15) is 17.2 Å². The number of benzene rings is 1. The Balaban J connectivity index is 2.86. The summed E-state index contributed by atoms with van der Waals surface area (Å²) in [5, 5.41) is 2.60. The van der Waals surface area contributed by atoms with Gasteiger partial charge in [0, 0.05) is 31.9 Å². The maximum Gasteiger partial charge on any atom is 0.243 e. The number of nitrogens with one attached hydrogen (secondary N) is 2. The van der Waals surface area contributed by atoms with Crippen molar-refractivity contribution in [2.45, 2.75) is 24.8 Å². The molecule has 0 unspecified atom stereocenters. The van der Waals surface area contributed by atoms with Crippen LogP contribution in [-0.2, 0) is 21.3 Å². The summed E-state index contributed by atoms with van der Waals surface area (Å²) in [4.78, 5) is -0.550. The summed E-state index contributed by atoms with van der Waals surface area (Å²) in [5.41, 5.74) is -0.297. The number of ether oxygens (including phenoxy) is 1. The van der Waals surface area contributed by atoms with E-state index in [0.29, 0.717) is 19.6 Å². The van der Waals surface area contributed by atoms with Gasteiger partial charge in [-0.05, 0) is 32.5 Å². The lowest BCUT2D eigenvalue weighted by Crippen LogP contribution is -2.27. The molecule has 2 N–H and O–H groups in total. The van der Waals surface area contributed by atoms with Gasteiger partial charge in [0.15, 0.2) is 5.82 Å². The quantitative estimate of drug-likeness (QED) is 0.674. The van der Waals surface area contributed by atoms with Crippen molar-refractivity contribution in [1.82, 2.24) is 10.0 Å². The Hall–Kier alpha value is -1.09. The van der Waals surface area contributed by atoms with Crippen LogP contribution in [0.4, 0.5) is 8.78 Å². The van der Waals surface area contributed by atoms with Gasteiger partial charge in [-0.3, -0.25) is 0 Å². The minimum absolute atomic E-state index is 0.0919. The SMILES string of the molecule is CCOCCCNS(=O)(=O)c1ccc(F)c(CNC)c1F. The highest BCUT2D eigenvalue weighted by Gasteiger charge is 2.22. The van der Waals surface area contributed by atoms with E-state index in [0.717, 1.165) is 12.1 Å². The van der Waals surface area contributed by atoms with E-state index < -0.39 is 26.6 Å². The molecule has 21 heavy (non-hydrogen) atoms. The summed E-state index contributed by atoms with van der Waals surface area (Å²) in [5.74, 6) is -1.85. The van der Waals surface area contributed by atoms with Gasteiger partial charge in [-0.2, -0.15) is 0 Å². The molecular weight excluding hydrogens is 302 g/mol. The third-order valence-electron chi connectivity index (χ3n) is 2.76. The van der Waals surface area contributed by atoms with Crippen LogP contribution < -0.4 is 10.0 Å². The molecule has 0 fully saturated rings. The van der Waals surface area contributed by atoms with Gasteiger partial charge < -0.3 is 10.1 Å². The molecule has 0 saturated carbocycles. The Bertz CT molecular complexity index is 565. The van der Waals surface area contributed by atoms with Gasteiger partial charge in [0.1, 0.15) is 10.7 Å². The fourth-order valence-corrected chi connectivity index (χ4v) is 2.90. The van der Waals surface area contributed by atoms with Crippen molar-refractivity contribution in [3.63, 3.8) is 0 Å². The molecule has 0 saturated heterocycles. The Morgan fingerprint density at radius 2 is 2.00 bits per heavy atom. The summed E-state index contributed by atoms with van der Waals surface area (Å²) in [6.45, 7) is 2.83. The summed E-state index contributed by atoms with van der Waals surface area (Å²) in [7, 11) is -2.49. The summed E-state index contributed by atoms with van der Waals surface area (Å²) in [6.07, 6.45) is 0.471. The average Bonchev–Trinajstić information content (AvgIpc) is 2.42. The van der Waals surface area contributed by atoms with Crippen LogP contribution in [0.5, 0.6) is 0 Å². The van der Waals surface area contributed by atoms with Crippen LogP contribution in [0.1, 0.15) is 18.9 Å². The molecule has 1 aromatic rings. The number of rotatable bonds is 9. The minimum Gasteiger partial charge on any atom is -0.382 e. The van der Waals surface area contributed by atoms with Crippen molar-refractivity contribution >= 4 is 10.0 Å². The molecule has 0 bridgehead atoms. The molecule has 0 spiro atoms. The van der Waals surface area contributed by atoms with Crippen LogP contribution in [-0.4, -0.2) is 35.2 Å². The minimum atomic E-state index is -4.01. The van der Waals surface area contributed by atoms with E-state index >= 15 is 0 Å². The van der Waals surface area contributed by atoms with Gasteiger partial charge >= 0.3 is 0 Å². The molecule has 1 rings (SSSR count). The zero-order valence-corrected chi connectivity index (χ0v) is 12.9. The van der Waals surface area contributed by atoms with Crippen molar-refractivity contribution in [2.75, 3.05) is 26.8 Å². The number of hydrogen-bond acceptors (Lipinski definition) is 4. The van der Waals surface area contributed by atoms with Gasteiger partial charge in [-0.15, -0.1) is 0 Å². The largest absolute Gasteiger partial charge is 0.382 e. The van der Waals surface area contributed by atoms with Crippen LogP contribution in [0.25, 0.3) is 0 Å². The molecule has 120 valence electrons. The summed E-state index contributed by atoms with van der Waals surface area (Å²) in [6, 6.07) is 1.87. The molecule has 0 aliphatic rings. The van der Waals surface area contributed by atoms with Gasteiger partial charge in [0.05, 0.1) is 0 Å². The first kappa shape index (κ1) is 18.0. The third-order valence-corrected chi connectivity index (χ3v) is 4.23. The molecule has 5 nitrogen and oxygen atoms in total. The number of sulfonamides is 1. The van der Waals surface area contributed by atoms with Crippen molar-refractivity contribution in [1.29, 1.82) is 0 Å². The lowest BCUT2D eigenvalue weighted by atomic mass is 10.2. The van der Waals surface area contributed by atoms with Crippen molar-refractivity contribution in [2.24, 2.45) is 0 Å². The summed E-state index contributed by atoms with van der Waals surface area (Å²) < 4.78 is 59.0. The van der Waals surface area contributed by atoms with Crippen molar-refractivity contribution < 1.29 is 21.9 Å². The molecule has 0 heterocycles. The lowest BCUT2D eigenvalue weighted by Gasteiger charge is -2.11. The van der Waals surface area contributed by atoms with Crippen LogP contribution in [0.3, 0.4) is 0 Å². The number of hydrogen-bond donors (Lipinski definition) is 2. The van der Waals surface area contributed by atoms with Gasteiger partial charge in [-0.25, -0.2) is 21.9 Å². The first-order chi connectivity index (χ1) is 9.94. The van der Waals surface area contributed by atoms with E-state index in [1.807, 2.05) is 6.92 Å². The van der Waals surface area contributed by atoms with E-state index in [1.54, 1.807) is 0 Å². The van der Waals surface area contributed by atoms with E-state index in [2.05, 4.69) is 10.0 Å². The highest BCUT2D eigenvalue weighted by Crippen LogP contribution is 2.20. The first-order valence-corrected chi connectivity index (χ1v) is 8.11. The molecule has 0 aliphatic heterocycles. The Kier molecular flexibility index (Phi) is 7.16. The molecule has 8 heteroatoms. The molecule has 0 atom stereocenters. The van der Waals surface area contributed by atoms with Gasteiger partial charge in [-0.1, -0.05) is 0 Å². The third kappa shape index (κ3) is 4.99. The fourth-order valence-electron chi connectivity index (χ4n) is 1.73. The maximum absolute atomic E-state index is 14.1. The van der Waals surface area contributed by atoms with Crippen LogP contribution in [0.15, 0.2) is 17.0 Å². The first-order valence-electron chi connectivity index (χ1n) is 6.63. The monoisotopic (exact) mass is 322 g/mol. The topological polar surface area (TPSA) is 67.4 Å². The lowest BCUT2D eigenvalue weighted by molar-refractivity contribution is 0.146. The molecule has 0 aliphatic carbocycles. The normalized spacial score (nSPS) is 11.8. The predicted octanol–water partition coefficient (Wildman–Crippen LogP) is 1.39. The molecular formula is C13H20F2N2O3S. The highest BCUT2D eigenvalue weighted by molar-refractivity contribution is 7.89. The van der Waals surface area contributed by atoms with Gasteiger partial charge in [0.2, 0.25) is 10.0 Å². The Morgan fingerprint density at radius 1 is 1.29 bits per heavy atom. The average molecular weight is 322 g/mol. The fraction of sp³-hybridized carbons (Fsp3) is 0.538. The molecule has 0 radical (unpaired) electrons. The summed E-state index contributed by atoms with van der Waals surface area (Å²) >= 11 is 0. The molecule has 1 aromatic carbocycles. The number of halogens is 2. The zero-order valence-electron chi connectivity index (χ0n) is 12.1. The van der Waals surface area contributed by atoms with E-state index in [1.165, 1.54) is 7.05 Å². The Morgan fingerprint density at radius 3 is 2.62 bits per heavy atom. The van der Waals surface area contributed by atoms with Crippen LogP contribution in [0, 0.1) is 11.6 Å². The predicted molar refractivity (Wildman–Crippen MR) is 75.4 cm³/mol.